The average molecular weight is 221 g/mol. The third kappa shape index (κ3) is 1.13. The lowest BCUT2D eigenvalue weighted by atomic mass is 10.1. The quantitative estimate of drug-likeness (QED) is 0.727. The number of aromatic amines is 1. The molecule has 16 heavy (non-hydrogen) atoms. The van der Waals surface area contributed by atoms with Crippen molar-refractivity contribution in [2.24, 2.45) is 0 Å². The van der Waals surface area contributed by atoms with Crippen LogP contribution in [-0.4, -0.2) is 4.98 Å². The van der Waals surface area contributed by atoms with Crippen LogP contribution in [0.2, 0.25) is 0 Å². The van der Waals surface area contributed by atoms with Gasteiger partial charge in [0.05, 0.1) is 10.9 Å². The second-order valence-corrected chi connectivity index (χ2v) is 4.04. The summed E-state index contributed by atoms with van der Waals surface area (Å²) in [5.74, 6) is -1.24. The molecule has 82 valence electrons. The molecule has 1 aliphatic carbocycles. The van der Waals surface area contributed by atoms with E-state index in [2.05, 4.69) is 4.98 Å². The van der Waals surface area contributed by atoms with E-state index in [-0.39, 0.29) is 16.3 Å². The molecule has 0 radical (unpaired) electrons. The molecule has 1 aliphatic rings. The van der Waals surface area contributed by atoms with E-state index in [4.69, 9.17) is 0 Å². The maximum atomic E-state index is 13.5. The number of aryl methyl sites for hydroxylation is 1. The van der Waals surface area contributed by atoms with E-state index in [9.17, 15) is 13.6 Å². The Balaban J connectivity index is 2.56. The molecule has 1 aromatic carbocycles. The maximum absolute atomic E-state index is 13.5. The van der Waals surface area contributed by atoms with Crippen LogP contribution in [0.1, 0.15) is 17.7 Å². The predicted molar refractivity (Wildman–Crippen MR) is 56.5 cm³/mol. The maximum Gasteiger partial charge on any atom is 0.195 e. The minimum Gasteiger partial charge on any atom is -0.355 e. The normalized spacial score (nSPS) is 14.4. The van der Waals surface area contributed by atoms with Gasteiger partial charge in [-0.25, -0.2) is 8.78 Å². The topological polar surface area (TPSA) is 32.9 Å². The van der Waals surface area contributed by atoms with Crippen molar-refractivity contribution in [1.29, 1.82) is 0 Å². The molecule has 1 aromatic heterocycles. The zero-order chi connectivity index (χ0) is 11.3. The highest BCUT2D eigenvalue weighted by Crippen LogP contribution is 2.23. The SMILES string of the molecule is O=c1c2c([nH]c3c(F)ccc(F)c13)CCC2. The van der Waals surface area contributed by atoms with Crippen molar-refractivity contribution in [2.75, 3.05) is 0 Å². The van der Waals surface area contributed by atoms with Gasteiger partial charge in [0.1, 0.15) is 11.6 Å². The number of rotatable bonds is 0. The minimum atomic E-state index is -0.660. The predicted octanol–water partition coefficient (Wildman–Crippen LogP) is 2.29. The molecule has 0 unspecified atom stereocenters. The zero-order valence-electron chi connectivity index (χ0n) is 8.44. The van der Waals surface area contributed by atoms with E-state index in [0.29, 0.717) is 12.0 Å². The minimum absolute atomic E-state index is 0.00866. The van der Waals surface area contributed by atoms with Crippen LogP contribution in [0.5, 0.6) is 0 Å². The molecular weight excluding hydrogens is 212 g/mol. The molecule has 0 amide bonds. The van der Waals surface area contributed by atoms with Gasteiger partial charge in [-0.15, -0.1) is 0 Å². The lowest BCUT2D eigenvalue weighted by Gasteiger charge is -2.05. The van der Waals surface area contributed by atoms with Gasteiger partial charge in [0.15, 0.2) is 5.43 Å². The summed E-state index contributed by atoms with van der Waals surface area (Å²) in [6.07, 6.45) is 2.24. The molecule has 0 saturated heterocycles. The van der Waals surface area contributed by atoms with Gasteiger partial charge in [-0.3, -0.25) is 4.79 Å². The zero-order valence-corrected chi connectivity index (χ0v) is 8.44. The molecule has 2 nitrogen and oxygen atoms in total. The number of fused-ring (bicyclic) bond motifs is 2. The molecule has 0 aliphatic heterocycles. The van der Waals surface area contributed by atoms with Crippen LogP contribution in [0.25, 0.3) is 10.9 Å². The number of hydrogen-bond donors (Lipinski definition) is 1. The number of H-pyrrole nitrogens is 1. The Morgan fingerprint density at radius 3 is 2.69 bits per heavy atom. The first-order valence-corrected chi connectivity index (χ1v) is 5.20. The summed E-state index contributed by atoms with van der Waals surface area (Å²) in [5.41, 5.74) is 0.989. The summed E-state index contributed by atoms with van der Waals surface area (Å²) in [6, 6.07) is 2.03. The Morgan fingerprint density at radius 2 is 1.88 bits per heavy atom. The molecule has 4 heteroatoms. The molecule has 0 bridgehead atoms. The van der Waals surface area contributed by atoms with Crippen LogP contribution >= 0.6 is 0 Å². The van der Waals surface area contributed by atoms with Crippen molar-refractivity contribution in [3.05, 3.63) is 45.2 Å². The van der Waals surface area contributed by atoms with Gasteiger partial charge in [0.25, 0.3) is 0 Å². The standard InChI is InChI=1S/C12H9F2NO/c13-7-4-5-8(14)11-10(7)12(16)6-2-1-3-9(6)15-11/h4-5H,1-3H2,(H,15,16). The van der Waals surface area contributed by atoms with Gasteiger partial charge >= 0.3 is 0 Å². The molecule has 2 aromatic rings. The van der Waals surface area contributed by atoms with Crippen LogP contribution in [-0.2, 0) is 12.8 Å². The van der Waals surface area contributed by atoms with E-state index in [1.807, 2.05) is 0 Å². The summed E-state index contributed by atoms with van der Waals surface area (Å²) < 4.78 is 27.0. The fourth-order valence-corrected chi connectivity index (χ4v) is 2.33. The third-order valence-corrected chi connectivity index (χ3v) is 3.10. The fraction of sp³-hybridized carbons (Fsp3) is 0.250. The second kappa shape index (κ2) is 3.14. The first kappa shape index (κ1) is 9.51. The van der Waals surface area contributed by atoms with Crippen LogP contribution in [0, 0.1) is 11.6 Å². The average Bonchev–Trinajstić information content (AvgIpc) is 2.72. The summed E-state index contributed by atoms with van der Waals surface area (Å²) in [4.78, 5) is 14.8. The van der Waals surface area contributed by atoms with Crippen molar-refractivity contribution in [3.8, 4) is 0 Å². The first-order chi connectivity index (χ1) is 7.68. The Labute approximate surface area is 89.9 Å². The van der Waals surface area contributed by atoms with Gasteiger partial charge in [-0.2, -0.15) is 0 Å². The van der Waals surface area contributed by atoms with Crippen molar-refractivity contribution in [1.82, 2.24) is 4.98 Å². The van der Waals surface area contributed by atoms with Crippen LogP contribution < -0.4 is 5.43 Å². The van der Waals surface area contributed by atoms with E-state index >= 15 is 0 Å². The molecule has 3 rings (SSSR count). The van der Waals surface area contributed by atoms with E-state index < -0.39 is 11.6 Å². The van der Waals surface area contributed by atoms with E-state index in [1.165, 1.54) is 0 Å². The fourth-order valence-electron chi connectivity index (χ4n) is 2.33. The molecule has 0 atom stereocenters. The largest absolute Gasteiger partial charge is 0.355 e. The van der Waals surface area contributed by atoms with Gasteiger partial charge in [0, 0.05) is 11.3 Å². The number of pyridine rings is 1. The van der Waals surface area contributed by atoms with Crippen LogP contribution in [0.3, 0.4) is 0 Å². The Kier molecular flexibility index (Phi) is 1.87. The Morgan fingerprint density at radius 1 is 1.12 bits per heavy atom. The molecule has 0 saturated carbocycles. The first-order valence-electron chi connectivity index (χ1n) is 5.20. The van der Waals surface area contributed by atoms with Gasteiger partial charge in [-0.05, 0) is 31.4 Å². The molecule has 1 heterocycles. The van der Waals surface area contributed by atoms with Gasteiger partial charge < -0.3 is 4.98 Å². The van der Waals surface area contributed by atoms with Crippen molar-refractivity contribution < 1.29 is 8.78 Å². The second-order valence-electron chi connectivity index (χ2n) is 4.04. The van der Waals surface area contributed by atoms with Gasteiger partial charge in [-0.1, -0.05) is 0 Å². The summed E-state index contributed by atoms with van der Waals surface area (Å²) in [7, 11) is 0. The number of aromatic nitrogens is 1. The summed E-state index contributed by atoms with van der Waals surface area (Å²) in [5, 5.41) is -0.152. The highest BCUT2D eigenvalue weighted by atomic mass is 19.1. The van der Waals surface area contributed by atoms with Crippen molar-refractivity contribution >= 4 is 10.9 Å². The lowest BCUT2D eigenvalue weighted by Crippen LogP contribution is -2.12. The summed E-state index contributed by atoms with van der Waals surface area (Å²) >= 11 is 0. The van der Waals surface area contributed by atoms with Crippen molar-refractivity contribution in [2.45, 2.75) is 19.3 Å². The Hall–Kier alpha value is -1.71. The van der Waals surface area contributed by atoms with Gasteiger partial charge in [0.2, 0.25) is 0 Å². The van der Waals surface area contributed by atoms with E-state index in [1.54, 1.807) is 0 Å². The lowest BCUT2D eigenvalue weighted by molar-refractivity contribution is 0.614. The number of nitrogens with one attached hydrogen (secondary N) is 1. The number of benzene rings is 1. The Bertz CT molecular complexity index is 645. The molecular formula is C12H9F2NO. The van der Waals surface area contributed by atoms with Crippen molar-refractivity contribution in [3.63, 3.8) is 0 Å². The third-order valence-electron chi connectivity index (χ3n) is 3.10. The molecule has 0 fully saturated rings. The highest BCUT2D eigenvalue weighted by molar-refractivity contribution is 5.80. The molecule has 1 N–H and O–H groups in total. The highest BCUT2D eigenvalue weighted by Gasteiger charge is 2.20. The number of halogens is 2. The monoisotopic (exact) mass is 221 g/mol. The number of hydrogen-bond acceptors (Lipinski definition) is 1. The smallest absolute Gasteiger partial charge is 0.195 e. The van der Waals surface area contributed by atoms with E-state index in [0.717, 1.165) is 30.7 Å². The van der Waals surface area contributed by atoms with Crippen LogP contribution in [0.4, 0.5) is 8.78 Å². The van der Waals surface area contributed by atoms with Crippen LogP contribution in [0.15, 0.2) is 16.9 Å². The molecule has 0 spiro atoms. The summed E-state index contributed by atoms with van der Waals surface area (Å²) in [6.45, 7) is 0.